The molecular weight excluding hydrogens is 504 g/mol. The number of para-hydroxylation sites is 2. The van der Waals surface area contributed by atoms with E-state index in [2.05, 4.69) is 4.90 Å². The van der Waals surface area contributed by atoms with Crippen LogP contribution in [0.5, 0.6) is 5.75 Å². The molecule has 0 unspecified atom stereocenters. The number of hydrogen-bond acceptors (Lipinski definition) is 6. The lowest BCUT2D eigenvalue weighted by molar-refractivity contribution is 0.0986. The third kappa shape index (κ3) is 5.59. The highest BCUT2D eigenvalue weighted by Gasteiger charge is 2.25. The van der Waals surface area contributed by atoms with E-state index in [4.69, 9.17) is 14.7 Å². The van der Waals surface area contributed by atoms with Crippen LogP contribution in [0.25, 0.3) is 32.4 Å². The van der Waals surface area contributed by atoms with Crippen molar-refractivity contribution in [1.29, 1.82) is 0 Å². The molecule has 190 valence electrons. The Balaban J connectivity index is 0.00000320. The summed E-state index contributed by atoms with van der Waals surface area (Å²) in [6.07, 6.45) is 0. The Labute approximate surface area is 226 Å². The lowest BCUT2D eigenvalue weighted by atomic mass is 10.0. The first-order valence-corrected chi connectivity index (χ1v) is 12.8. The number of halogens is 1. The highest BCUT2D eigenvalue weighted by molar-refractivity contribution is 7.22. The lowest BCUT2D eigenvalue weighted by Crippen LogP contribution is -2.37. The maximum Gasteiger partial charge on any atom is 0.260 e. The van der Waals surface area contributed by atoms with Crippen LogP contribution in [0, 0.1) is 0 Å². The van der Waals surface area contributed by atoms with Crippen LogP contribution in [0.2, 0.25) is 0 Å². The summed E-state index contributed by atoms with van der Waals surface area (Å²) in [6, 6.07) is 25.6. The summed E-state index contributed by atoms with van der Waals surface area (Å²) in [5, 5.41) is 1.49. The van der Waals surface area contributed by atoms with E-state index in [1.165, 1.54) is 11.3 Å². The number of benzene rings is 3. The standard InChI is InChI=1S/C29H28N4O2S.ClH/c1-4-35-25-15-10-16-26-27(25)31-29(36-26)33(18-17-32(2)3)28(34)22-19-24(20-11-6-5-7-12-20)30-23-14-9-8-13-21(22)23;/h5-16,19H,4,17-18H2,1-3H3;1H. The highest BCUT2D eigenvalue weighted by atomic mass is 35.5. The molecule has 0 N–H and O–H groups in total. The van der Waals surface area contributed by atoms with Crippen molar-refractivity contribution in [3.05, 3.63) is 84.4 Å². The van der Waals surface area contributed by atoms with Crippen molar-refractivity contribution in [3.8, 4) is 17.0 Å². The minimum absolute atomic E-state index is 0. The molecular formula is C29H29ClN4O2S. The van der Waals surface area contributed by atoms with Gasteiger partial charge in [-0.3, -0.25) is 9.69 Å². The molecule has 0 saturated carbocycles. The monoisotopic (exact) mass is 532 g/mol. The number of aromatic nitrogens is 2. The number of amides is 1. The van der Waals surface area contributed by atoms with Crippen molar-refractivity contribution in [2.24, 2.45) is 0 Å². The first kappa shape index (κ1) is 26.5. The Morgan fingerprint density at radius 1 is 0.919 bits per heavy atom. The molecule has 0 spiro atoms. The van der Waals surface area contributed by atoms with Gasteiger partial charge in [-0.05, 0) is 45.3 Å². The Hall–Kier alpha value is -3.52. The third-order valence-corrected chi connectivity index (χ3v) is 6.98. The third-order valence-electron chi connectivity index (χ3n) is 5.93. The van der Waals surface area contributed by atoms with Gasteiger partial charge >= 0.3 is 0 Å². The maximum absolute atomic E-state index is 14.3. The minimum atomic E-state index is -0.0929. The number of likely N-dealkylation sites (N-methyl/N-ethyl adjacent to an activating group) is 1. The van der Waals surface area contributed by atoms with Crippen molar-refractivity contribution in [2.75, 3.05) is 38.7 Å². The number of ether oxygens (including phenoxy) is 1. The molecule has 0 aliphatic rings. The van der Waals surface area contributed by atoms with Gasteiger partial charge in [0.1, 0.15) is 11.3 Å². The van der Waals surface area contributed by atoms with E-state index in [-0.39, 0.29) is 18.3 Å². The quantitative estimate of drug-likeness (QED) is 0.227. The smallest absolute Gasteiger partial charge is 0.260 e. The first-order valence-electron chi connectivity index (χ1n) is 12.0. The molecule has 5 aromatic rings. The van der Waals surface area contributed by atoms with Gasteiger partial charge in [-0.2, -0.15) is 0 Å². The van der Waals surface area contributed by atoms with Gasteiger partial charge in [0.2, 0.25) is 0 Å². The molecule has 5 rings (SSSR count). The normalized spacial score (nSPS) is 11.0. The number of pyridine rings is 1. The predicted molar refractivity (Wildman–Crippen MR) is 155 cm³/mol. The van der Waals surface area contributed by atoms with E-state index in [0.717, 1.165) is 38.1 Å². The number of rotatable bonds is 8. The van der Waals surface area contributed by atoms with Gasteiger partial charge in [0.15, 0.2) is 5.13 Å². The molecule has 0 fully saturated rings. The van der Waals surface area contributed by atoms with Crippen molar-refractivity contribution in [3.63, 3.8) is 0 Å². The zero-order chi connectivity index (χ0) is 25.1. The molecule has 0 aliphatic carbocycles. The second-order valence-electron chi connectivity index (χ2n) is 8.73. The first-order chi connectivity index (χ1) is 17.5. The van der Waals surface area contributed by atoms with Gasteiger partial charge in [-0.1, -0.05) is 65.9 Å². The number of carbonyl (C=O) groups excluding carboxylic acids is 1. The van der Waals surface area contributed by atoms with E-state index in [1.54, 1.807) is 4.90 Å². The van der Waals surface area contributed by atoms with Gasteiger partial charge in [-0.25, -0.2) is 9.97 Å². The molecule has 8 heteroatoms. The minimum Gasteiger partial charge on any atom is -0.492 e. The fraction of sp³-hybridized carbons (Fsp3) is 0.207. The average molecular weight is 533 g/mol. The largest absolute Gasteiger partial charge is 0.492 e. The molecule has 3 aromatic carbocycles. The van der Waals surface area contributed by atoms with E-state index >= 15 is 0 Å². The van der Waals surface area contributed by atoms with Crippen LogP contribution in [0.15, 0.2) is 78.9 Å². The Kier molecular flexibility index (Phi) is 8.38. The fourth-order valence-electron chi connectivity index (χ4n) is 4.14. The molecule has 0 atom stereocenters. The van der Waals surface area contributed by atoms with Crippen LogP contribution in [-0.4, -0.2) is 54.6 Å². The number of carbonyl (C=O) groups is 1. The molecule has 2 heterocycles. The van der Waals surface area contributed by atoms with E-state index in [0.29, 0.717) is 30.4 Å². The summed E-state index contributed by atoms with van der Waals surface area (Å²) in [5.74, 6) is 0.642. The SMILES string of the molecule is CCOc1cccc2sc(N(CCN(C)C)C(=O)c3cc(-c4ccccc4)nc4ccccc34)nc12.Cl. The van der Waals surface area contributed by atoms with Crippen LogP contribution in [-0.2, 0) is 0 Å². The molecule has 0 bridgehead atoms. The Morgan fingerprint density at radius 2 is 1.68 bits per heavy atom. The van der Waals surface area contributed by atoms with Gasteiger partial charge in [0.05, 0.1) is 28.1 Å². The van der Waals surface area contributed by atoms with E-state index < -0.39 is 0 Å². The highest BCUT2D eigenvalue weighted by Crippen LogP contribution is 2.35. The summed E-state index contributed by atoms with van der Waals surface area (Å²) in [5.41, 5.74) is 3.93. The van der Waals surface area contributed by atoms with Crippen LogP contribution in [0.3, 0.4) is 0 Å². The molecule has 0 saturated heterocycles. The summed E-state index contributed by atoms with van der Waals surface area (Å²) in [7, 11) is 4.01. The second-order valence-corrected chi connectivity index (χ2v) is 9.74. The van der Waals surface area contributed by atoms with Crippen molar-refractivity contribution >= 4 is 55.9 Å². The van der Waals surface area contributed by atoms with Crippen molar-refractivity contribution < 1.29 is 9.53 Å². The van der Waals surface area contributed by atoms with Gasteiger partial charge in [0, 0.05) is 24.0 Å². The Bertz CT molecular complexity index is 1520. The Morgan fingerprint density at radius 3 is 2.43 bits per heavy atom. The van der Waals surface area contributed by atoms with E-state index in [1.807, 2.05) is 99.9 Å². The molecule has 6 nitrogen and oxygen atoms in total. The number of nitrogens with zero attached hydrogens (tertiary/aromatic N) is 4. The summed E-state index contributed by atoms with van der Waals surface area (Å²) in [6.45, 7) is 3.72. The number of anilines is 1. The topological polar surface area (TPSA) is 58.6 Å². The van der Waals surface area contributed by atoms with Gasteiger partial charge in [0.25, 0.3) is 5.91 Å². The average Bonchev–Trinajstić information content (AvgIpc) is 3.33. The number of thiazole rings is 1. The maximum atomic E-state index is 14.3. The predicted octanol–water partition coefficient (Wildman–Crippen LogP) is 6.54. The molecule has 1 amide bonds. The van der Waals surface area contributed by atoms with E-state index in [9.17, 15) is 4.79 Å². The molecule has 0 radical (unpaired) electrons. The second kappa shape index (κ2) is 11.7. The van der Waals surface area contributed by atoms with Crippen molar-refractivity contribution in [2.45, 2.75) is 6.92 Å². The van der Waals surface area contributed by atoms with Crippen LogP contribution in [0.4, 0.5) is 5.13 Å². The molecule has 0 aliphatic heterocycles. The van der Waals surface area contributed by atoms with Crippen LogP contribution in [0.1, 0.15) is 17.3 Å². The fourth-order valence-corrected chi connectivity index (χ4v) is 5.15. The molecule has 37 heavy (non-hydrogen) atoms. The zero-order valence-electron chi connectivity index (χ0n) is 21.0. The molecule has 2 aromatic heterocycles. The van der Waals surface area contributed by atoms with Gasteiger partial charge < -0.3 is 9.64 Å². The summed E-state index contributed by atoms with van der Waals surface area (Å²) >= 11 is 1.51. The zero-order valence-corrected chi connectivity index (χ0v) is 22.7. The number of hydrogen-bond donors (Lipinski definition) is 0. The summed E-state index contributed by atoms with van der Waals surface area (Å²) < 4.78 is 6.79. The summed E-state index contributed by atoms with van der Waals surface area (Å²) in [4.78, 5) is 27.8. The number of fused-ring (bicyclic) bond motifs is 2. The van der Waals surface area contributed by atoms with Crippen molar-refractivity contribution in [1.82, 2.24) is 14.9 Å². The van der Waals surface area contributed by atoms with Crippen LogP contribution >= 0.6 is 23.7 Å². The van der Waals surface area contributed by atoms with Crippen LogP contribution < -0.4 is 9.64 Å². The lowest BCUT2D eigenvalue weighted by Gasteiger charge is -2.23. The van der Waals surface area contributed by atoms with Gasteiger partial charge in [-0.15, -0.1) is 12.4 Å².